The molecule has 0 rings (SSSR count). The first kappa shape index (κ1) is 16.3. The summed E-state index contributed by atoms with van der Waals surface area (Å²) in [5.41, 5.74) is -0.561. The summed E-state index contributed by atoms with van der Waals surface area (Å²) < 4.78 is 24.7. The second-order valence-corrected chi connectivity index (χ2v) is 6.72. The molecule has 0 aromatic heterocycles. The van der Waals surface area contributed by atoms with Gasteiger partial charge in [-0.1, -0.05) is 0 Å². The van der Waals surface area contributed by atoms with Crippen molar-refractivity contribution in [1.29, 1.82) is 0 Å². The lowest BCUT2D eigenvalue weighted by Crippen LogP contribution is -2.50. The molecule has 0 saturated carbocycles. The van der Waals surface area contributed by atoms with Crippen molar-refractivity contribution >= 4 is 15.9 Å². The molecule has 0 radical (unpaired) electrons. The van der Waals surface area contributed by atoms with E-state index in [-0.39, 0.29) is 5.91 Å². The Bertz CT molecular complexity index is 350. The summed E-state index contributed by atoms with van der Waals surface area (Å²) in [6, 6.07) is 0. The Hall–Kier alpha value is -0.660. The second-order valence-electron chi connectivity index (χ2n) is 4.97. The highest BCUT2D eigenvalue weighted by Gasteiger charge is 2.21. The fourth-order valence-electron chi connectivity index (χ4n) is 1.36. The van der Waals surface area contributed by atoms with E-state index >= 15 is 0 Å². The topological polar surface area (TPSA) is 78.5 Å². The van der Waals surface area contributed by atoms with Crippen LogP contribution in [-0.2, 0) is 14.8 Å². The predicted octanol–water partition coefficient (Wildman–Crippen LogP) is -0.618. The molecule has 0 saturated heterocycles. The van der Waals surface area contributed by atoms with Crippen LogP contribution in [0.25, 0.3) is 0 Å². The minimum atomic E-state index is -3.21. The summed E-state index contributed by atoms with van der Waals surface area (Å²) >= 11 is 0. The molecular formula is C10H23N3O3S. The van der Waals surface area contributed by atoms with Crippen molar-refractivity contribution in [2.24, 2.45) is 0 Å². The van der Waals surface area contributed by atoms with Crippen molar-refractivity contribution in [3.63, 3.8) is 0 Å². The summed E-state index contributed by atoms with van der Waals surface area (Å²) in [6.45, 7) is 4.58. The zero-order valence-corrected chi connectivity index (χ0v) is 12.0. The Kier molecular flexibility index (Phi) is 6.08. The summed E-state index contributed by atoms with van der Waals surface area (Å²) in [7, 11) is 0.198. The predicted molar refractivity (Wildman–Crippen MR) is 68.2 cm³/mol. The third kappa shape index (κ3) is 9.08. The number of hydrogen-bond acceptors (Lipinski definition) is 4. The van der Waals surface area contributed by atoms with E-state index in [2.05, 4.69) is 10.0 Å². The molecule has 2 N–H and O–H groups in total. The molecular weight excluding hydrogens is 242 g/mol. The zero-order chi connectivity index (χ0) is 13.7. The summed E-state index contributed by atoms with van der Waals surface area (Å²) in [6.07, 6.45) is 1.53. The molecule has 0 aliphatic heterocycles. The molecule has 0 heterocycles. The standard InChI is InChI=1S/C10H23N3O3S/c1-10(2,12-17(5,15)16)8-11-7-6-9(14)13(3)4/h11-12H,6-8H2,1-5H3. The third-order valence-corrected chi connectivity index (χ3v) is 2.97. The van der Waals surface area contributed by atoms with Crippen LogP contribution in [0.2, 0.25) is 0 Å². The molecule has 7 heteroatoms. The van der Waals surface area contributed by atoms with E-state index in [1.165, 1.54) is 4.90 Å². The third-order valence-electron chi connectivity index (χ3n) is 2.04. The molecule has 0 spiro atoms. The fraction of sp³-hybridized carbons (Fsp3) is 0.900. The highest BCUT2D eigenvalue weighted by molar-refractivity contribution is 7.88. The second kappa shape index (κ2) is 6.32. The minimum Gasteiger partial charge on any atom is -0.349 e. The van der Waals surface area contributed by atoms with Crippen LogP contribution in [0, 0.1) is 0 Å². The van der Waals surface area contributed by atoms with E-state index in [1.807, 2.05) is 0 Å². The van der Waals surface area contributed by atoms with Gasteiger partial charge in [0.2, 0.25) is 15.9 Å². The van der Waals surface area contributed by atoms with E-state index in [0.717, 1.165) is 6.26 Å². The normalized spacial score (nSPS) is 12.5. The van der Waals surface area contributed by atoms with Crippen molar-refractivity contribution in [2.45, 2.75) is 25.8 Å². The van der Waals surface area contributed by atoms with Crippen molar-refractivity contribution < 1.29 is 13.2 Å². The number of amides is 1. The van der Waals surface area contributed by atoms with Crippen LogP contribution in [0.15, 0.2) is 0 Å². The number of carbonyl (C=O) groups is 1. The summed E-state index contributed by atoms with van der Waals surface area (Å²) in [5.74, 6) is 0.0476. The smallest absolute Gasteiger partial charge is 0.223 e. The summed E-state index contributed by atoms with van der Waals surface area (Å²) in [5, 5.41) is 3.06. The van der Waals surface area contributed by atoms with E-state index in [1.54, 1.807) is 27.9 Å². The first-order chi connectivity index (χ1) is 7.53. The highest BCUT2D eigenvalue weighted by atomic mass is 32.2. The van der Waals surface area contributed by atoms with Gasteiger partial charge in [-0.05, 0) is 13.8 Å². The van der Waals surface area contributed by atoms with Crippen LogP contribution >= 0.6 is 0 Å². The number of hydrogen-bond donors (Lipinski definition) is 2. The molecule has 0 aliphatic carbocycles. The number of sulfonamides is 1. The van der Waals surface area contributed by atoms with Gasteiger partial charge < -0.3 is 10.2 Å². The van der Waals surface area contributed by atoms with E-state index in [4.69, 9.17) is 0 Å². The van der Waals surface area contributed by atoms with Gasteiger partial charge >= 0.3 is 0 Å². The van der Waals surface area contributed by atoms with Crippen LogP contribution in [0.1, 0.15) is 20.3 Å². The molecule has 17 heavy (non-hydrogen) atoms. The molecule has 102 valence electrons. The number of nitrogens with one attached hydrogen (secondary N) is 2. The fourth-order valence-corrected chi connectivity index (χ4v) is 2.43. The maximum atomic E-state index is 11.3. The van der Waals surface area contributed by atoms with E-state index < -0.39 is 15.6 Å². The molecule has 0 aliphatic rings. The number of carbonyl (C=O) groups excluding carboxylic acids is 1. The van der Waals surface area contributed by atoms with Crippen molar-refractivity contribution in [1.82, 2.24) is 14.9 Å². The van der Waals surface area contributed by atoms with Crippen LogP contribution in [-0.4, -0.2) is 58.2 Å². The van der Waals surface area contributed by atoms with Crippen LogP contribution in [0.4, 0.5) is 0 Å². The lowest BCUT2D eigenvalue weighted by Gasteiger charge is -2.25. The first-order valence-electron chi connectivity index (χ1n) is 5.43. The Labute approximate surface area is 104 Å². The van der Waals surface area contributed by atoms with Crippen molar-refractivity contribution in [3.8, 4) is 0 Å². The van der Waals surface area contributed by atoms with Crippen molar-refractivity contribution in [3.05, 3.63) is 0 Å². The Balaban J connectivity index is 3.92. The van der Waals surface area contributed by atoms with E-state index in [9.17, 15) is 13.2 Å². The highest BCUT2D eigenvalue weighted by Crippen LogP contribution is 2.01. The Morgan fingerprint density at radius 1 is 1.29 bits per heavy atom. The molecule has 0 fully saturated rings. The lowest BCUT2D eigenvalue weighted by molar-refractivity contribution is -0.128. The van der Waals surface area contributed by atoms with Gasteiger partial charge in [-0.25, -0.2) is 13.1 Å². The van der Waals surface area contributed by atoms with Gasteiger partial charge in [-0.3, -0.25) is 4.79 Å². The van der Waals surface area contributed by atoms with Gasteiger partial charge in [0, 0.05) is 39.1 Å². The average Bonchev–Trinajstić information content (AvgIpc) is 2.07. The van der Waals surface area contributed by atoms with Crippen molar-refractivity contribution in [2.75, 3.05) is 33.4 Å². The molecule has 0 aromatic carbocycles. The monoisotopic (exact) mass is 265 g/mol. The maximum Gasteiger partial charge on any atom is 0.223 e. The Morgan fingerprint density at radius 3 is 2.24 bits per heavy atom. The van der Waals surface area contributed by atoms with E-state index in [0.29, 0.717) is 19.5 Å². The van der Waals surface area contributed by atoms with Gasteiger partial charge in [-0.2, -0.15) is 0 Å². The Morgan fingerprint density at radius 2 is 1.82 bits per heavy atom. The lowest BCUT2D eigenvalue weighted by atomic mass is 10.1. The number of rotatable bonds is 7. The van der Waals surface area contributed by atoms with Gasteiger partial charge in [0.25, 0.3) is 0 Å². The van der Waals surface area contributed by atoms with Gasteiger partial charge in [0.1, 0.15) is 0 Å². The van der Waals surface area contributed by atoms with Crippen LogP contribution in [0.5, 0.6) is 0 Å². The number of nitrogens with zero attached hydrogens (tertiary/aromatic N) is 1. The van der Waals surface area contributed by atoms with Crippen LogP contribution < -0.4 is 10.0 Å². The van der Waals surface area contributed by atoms with Gasteiger partial charge in [0.15, 0.2) is 0 Å². The maximum absolute atomic E-state index is 11.3. The molecule has 0 atom stereocenters. The zero-order valence-electron chi connectivity index (χ0n) is 11.2. The van der Waals surface area contributed by atoms with Gasteiger partial charge in [0.05, 0.1) is 6.26 Å². The molecule has 1 amide bonds. The van der Waals surface area contributed by atoms with Crippen LogP contribution in [0.3, 0.4) is 0 Å². The molecule has 0 aromatic rings. The van der Waals surface area contributed by atoms with Gasteiger partial charge in [-0.15, -0.1) is 0 Å². The molecule has 0 unspecified atom stereocenters. The summed E-state index contributed by atoms with van der Waals surface area (Å²) in [4.78, 5) is 12.8. The molecule has 6 nitrogen and oxygen atoms in total. The quantitative estimate of drug-likeness (QED) is 0.602. The average molecular weight is 265 g/mol. The SMILES string of the molecule is CN(C)C(=O)CCNCC(C)(C)NS(C)(=O)=O. The molecule has 0 bridgehead atoms. The minimum absolute atomic E-state index is 0.0476. The largest absolute Gasteiger partial charge is 0.349 e. The first-order valence-corrected chi connectivity index (χ1v) is 7.32.